The van der Waals surface area contributed by atoms with E-state index in [-0.39, 0.29) is 4.75 Å². The minimum absolute atomic E-state index is 0.161. The average molecular weight is 187 g/mol. The molecule has 1 fully saturated rings. The van der Waals surface area contributed by atoms with Crippen molar-refractivity contribution in [1.29, 1.82) is 0 Å². The van der Waals surface area contributed by atoms with E-state index >= 15 is 0 Å². The molecule has 2 nitrogen and oxygen atoms in total. The van der Waals surface area contributed by atoms with E-state index in [1.807, 2.05) is 27.0 Å². The molecule has 1 rings (SSSR count). The summed E-state index contributed by atoms with van der Waals surface area (Å²) >= 11 is -1.04. The Balaban J connectivity index is 2.39. The summed E-state index contributed by atoms with van der Waals surface area (Å²) in [6.45, 7) is 6.03. The van der Waals surface area contributed by atoms with Crippen LogP contribution in [0, 0.1) is 5.92 Å². The van der Waals surface area contributed by atoms with Crippen molar-refractivity contribution < 1.29 is 4.55 Å². The lowest BCUT2D eigenvalue weighted by Gasteiger charge is -2.21. The molecule has 0 N–H and O–H groups in total. The maximum Gasteiger partial charge on any atom is 0.147 e. The summed E-state index contributed by atoms with van der Waals surface area (Å²) in [6.07, 6.45) is 5.23. The zero-order chi connectivity index (χ0) is 9.19. The second kappa shape index (κ2) is 3.79. The molecule has 1 aliphatic rings. The predicted molar refractivity (Wildman–Crippen MR) is 53.7 cm³/mol. The van der Waals surface area contributed by atoms with Gasteiger partial charge in [0.1, 0.15) is 16.1 Å². The van der Waals surface area contributed by atoms with E-state index in [1.54, 1.807) is 0 Å². The molecule has 0 heterocycles. The molecular weight excluding hydrogens is 170 g/mol. The molecule has 12 heavy (non-hydrogen) atoms. The van der Waals surface area contributed by atoms with Gasteiger partial charge in [0.2, 0.25) is 0 Å². The Hall–Kier alpha value is -0.0200. The molecule has 0 aromatic rings. The third-order valence-electron chi connectivity index (χ3n) is 2.31. The highest BCUT2D eigenvalue weighted by Crippen LogP contribution is 2.28. The lowest BCUT2D eigenvalue weighted by Crippen LogP contribution is -2.29. The molecule has 0 aromatic heterocycles. The second-order valence-electron chi connectivity index (χ2n) is 3.95. The van der Waals surface area contributed by atoms with Crippen LogP contribution in [0.15, 0.2) is 4.40 Å². The molecule has 0 amide bonds. The fourth-order valence-corrected chi connectivity index (χ4v) is 1.47. The van der Waals surface area contributed by atoms with Crippen LogP contribution in [0.4, 0.5) is 0 Å². The summed E-state index contributed by atoms with van der Waals surface area (Å²) in [5, 5.41) is 0. The molecule has 70 valence electrons. The van der Waals surface area contributed by atoms with E-state index in [2.05, 4.69) is 4.40 Å². The predicted octanol–water partition coefficient (Wildman–Crippen LogP) is 2.32. The smallest absolute Gasteiger partial charge is 0.147 e. The maximum absolute atomic E-state index is 11.5. The van der Waals surface area contributed by atoms with Crippen molar-refractivity contribution in [3.8, 4) is 0 Å². The fraction of sp³-hybridized carbons (Fsp3) is 0.889. The van der Waals surface area contributed by atoms with Gasteiger partial charge in [0.25, 0.3) is 0 Å². The van der Waals surface area contributed by atoms with Crippen LogP contribution in [0.2, 0.25) is 0 Å². The highest BCUT2D eigenvalue weighted by Gasteiger charge is 2.31. The van der Waals surface area contributed by atoms with Crippen molar-refractivity contribution >= 4 is 17.6 Å². The topological polar surface area (TPSA) is 35.4 Å². The van der Waals surface area contributed by atoms with Crippen LogP contribution in [0.25, 0.3) is 0 Å². The minimum Gasteiger partial charge on any atom is -0.591 e. The lowest BCUT2D eigenvalue weighted by molar-refractivity contribution is 0.540. The van der Waals surface area contributed by atoms with Gasteiger partial charge in [-0.2, -0.15) is 0 Å². The molecule has 1 saturated carbocycles. The van der Waals surface area contributed by atoms with Gasteiger partial charge in [0.05, 0.1) is 6.21 Å². The van der Waals surface area contributed by atoms with E-state index in [9.17, 15) is 4.55 Å². The van der Waals surface area contributed by atoms with Gasteiger partial charge in [-0.1, -0.05) is 11.3 Å². The molecule has 0 spiro atoms. The summed E-state index contributed by atoms with van der Waals surface area (Å²) < 4.78 is 15.5. The van der Waals surface area contributed by atoms with Crippen molar-refractivity contribution in [3.63, 3.8) is 0 Å². The normalized spacial score (nSPS) is 21.7. The molecule has 0 bridgehead atoms. The first-order valence-electron chi connectivity index (χ1n) is 4.52. The number of hydrogen-bond donors (Lipinski definition) is 0. The summed E-state index contributed by atoms with van der Waals surface area (Å²) in [7, 11) is 0. The van der Waals surface area contributed by atoms with Crippen LogP contribution in [0.1, 0.15) is 40.0 Å². The van der Waals surface area contributed by atoms with Crippen LogP contribution in [0.5, 0.6) is 0 Å². The number of hydrogen-bond acceptors (Lipinski definition) is 2. The fourth-order valence-electron chi connectivity index (χ4n) is 0.653. The van der Waals surface area contributed by atoms with E-state index in [0.29, 0.717) is 5.92 Å². The van der Waals surface area contributed by atoms with Crippen molar-refractivity contribution in [2.75, 3.05) is 0 Å². The van der Waals surface area contributed by atoms with Crippen molar-refractivity contribution in [2.45, 2.75) is 44.8 Å². The first kappa shape index (κ1) is 10.1. The van der Waals surface area contributed by atoms with Gasteiger partial charge in [-0.25, -0.2) is 0 Å². The van der Waals surface area contributed by atoms with E-state index < -0.39 is 11.4 Å². The van der Waals surface area contributed by atoms with Gasteiger partial charge in [0, 0.05) is 0 Å². The van der Waals surface area contributed by atoms with Gasteiger partial charge in [-0.3, -0.25) is 0 Å². The zero-order valence-electron chi connectivity index (χ0n) is 8.04. The summed E-state index contributed by atoms with van der Waals surface area (Å²) in [4.78, 5) is 0. The molecule has 1 atom stereocenters. The number of nitrogens with zero attached hydrogens (tertiary/aromatic N) is 1. The molecule has 0 saturated heterocycles. The lowest BCUT2D eigenvalue weighted by atomic mass is 10.1. The van der Waals surface area contributed by atoms with Crippen LogP contribution in [-0.4, -0.2) is 15.5 Å². The van der Waals surface area contributed by atoms with E-state index in [4.69, 9.17) is 0 Å². The third kappa shape index (κ3) is 2.79. The monoisotopic (exact) mass is 187 g/mol. The molecule has 1 aliphatic carbocycles. The average Bonchev–Trinajstić information content (AvgIpc) is 2.83. The van der Waals surface area contributed by atoms with E-state index in [1.165, 1.54) is 12.8 Å². The van der Waals surface area contributed by atoms with Crippen LogP contribution >= 0.6 is 0 Å². The first-order chi connectivity index (χ1) is 5.56. The molecule has 0 aliphatic heterocycles. The largest absolute Gasteiger partial charge is 0.591 e. The number of rotatable bonds is 4. The van der Waals surface area contributed by atoms with Crippen molar-refractivity contribution in [2.24, 2.45) is 10.3 Å². The minimum atomic E-state index is -1.04. The molecular formula is C9H17NOS. The van der Waals surface area contributed by atoms with Crippen LogP contribution in [-0.2, 0) is 11.4 Å². The molecule has 0 aromatic carbocycles. The summed E-state index contributed by atoms with van der Waals surface area (Å²) in [6, 6.07) is 0. The highest BCUT2D eigenvalue weighted by molar-refractivity contribution is 7.91. The van der Waals surface area contributed by atoms with E-state index in [0.717, 1.165) is 6.42 Å². The van der Waals surface area contributed by atoms with Crippen molar-refractivity contribution in [3.05, 3.63) is 0 Å². The summed E-state index contributed by atoms with van der Waals surface area (Å²) in [5.74, 6) is 0.626. The maximum atomic E-state index is 11.5. The Morgan fingerprint density at radius 1 is 1.58 bits per heavy atom. The van der Waals surface area contributed by atoms with Gasteiger partial charge < -0.3 is 4.55 Å². The molecule has 1 unspecified atom stereocenters. The Labute approximate surface area is 77.8 Å². The Morgan fingerprint density at radius 2 is 2.17 bits per heavy atom. The molecule has 0 radical (unpaired) electrons. The zero-order valence-corrected chi connectivity index (χ0v) is 8.86. The Bertz CT molecular complexity index is 175. The molecule has 3 heteroatoms. The van der Waals surface area contributed by atoms with Gasteiger partial charge in [-0.05, 0) is 39.0 Å². The van der Waals surface area contributed by atoms with Crippen LogP contribution < -0.4 is 0 Å². The Morgan fingerprint density at radius 3 is 2.58 bits per heavy atom. The Kier molecular flexibility index (Phi) is 3.18. The van der Waals surface area contributed by atoms with Gasteiger partial charge >= 0.3 is 0 Å². The van der Waals surface area contributed by atoms with Crippen molar-refractivity contribution in [1.82, 2.24) is 0 Å². The quantitative estimate of drug-likeness (QED) is 0.491. The van der Waals surface area contributed by atoms with Crippen LogP contribution in [0.3, 0.4) is 0 Å². The highest BCUT2D eigenvalue weighted by atomic mass is 32.2. The van der Waals surface area contributed by atoms with Gasteiger partial charge in [-0.15, -0.1) is 0 Å². The standard InChI is InChI=1S/C9H17NOS/c1-4-9(2,3)12(11)10-7-8-5-6-8/h7-8H,4-6H2,1-3H3/b10-7+. The SMILES string of the molecule is CCC(C)(C)[S+]([O-])/N=C/C1CC1. The second-order valence-corrected chi connectivity index (χ2v) is 5.77. The third-order valence-corrected chi connectivity index (χ3v) is 3.86. The van der Waals surface area contributed by atoms with Gasteiger partial charge in [0.15, 0.2) is 0 Å². The summed E-state index contributed by atoms with van der Waals surface area (Å²) in [5.41, 5.74) is 0. The first-order valence-corrected chi connectivity index (χ1v) is 5.63.